The van der Waals surface area contributed by atoms with Gasteiger partial charge in [0.05, 0.1) is 19.5 Å². The van der Waals surface area contributed by atoms with Gasteiger partial charge in [0.15, 0.2) is 24.0 Å². The molecule has 9 atom stereocenters. The number of imidazole rings is 1. The highest BCUT2D eigenvalue weighted by Crippen LogP contribution is 2.49. The largest absolute Gasteiger partial charge is 0.470 e. The van der Waals surface area contributed by atoms with E-state index in [9.17, 15) is 58.4 Å². The third kappa shape index (κ3) is 7.56. The minimum Gasteiger partial charge on any atom is -0.394 e. The van der Waals surface area contributed by atoms with E-state index in [0.717, 1.165) is 17.2 Å². The zero-order valence-corrected chi connectivity index (χ0v) is 23.4. The van der Waals surface area contributed by atoms with Crippen LogP contribution in [0.25, 0.3) is 11.2 Å². The summed E-state index contributed by atoms with van der Waals surface area (Å²) in [6, 6.07) is 0. The van der Waals surface area contributed by atoms with Crippen molar-refractivity contribution in [3.8, 4) is 0 Å². The molecular weight excluding hydrogens is 643 g/mol. The zero-order chi connectivity index (χ0) is 31.2. The first-order chi connectivity index (χ1) is 19.4. The van der Waals surface area contributed by atoms with Crippen LogP contribution >= 0.6 is 23.5 Å². The van der Waals surface area contributed by atoms with Gasteiger partial charge >= 0.3 is 23.5 Å². The van der Waals surface area contributed by atoms with Gasteiger partial charge in [0.25, 0.3) is 0 Å². The van der Waals surface area contributed by atoms with Crippen molar-refractivity contribution in [3.63, 3.8) is 0 Å². The molecular formula is C16H26N5O18P3. The fourth-order valence-corrected chi connectivity index (χ4v) is 6.12. The number of aliphatic hydroxyl groups is 3. The number of aliphatic hydroxyl groups excluding tert-OH is 3. The maximum atomic E-state index is 11.9. The third-order valence-electron chi connectivity index (χ3n) is 5.99. The molecule has 0 amide bonds. The van der Waals surface area contributed by atoms with Gasteiger partial charge in [-0.1, -0.05) is 0 Å². The Hall–Kier alpha value is -1.56. The Bertz CT molecular complexity index is 1400. The van der Waals surface area contributed by atoms with Crippen LogP contribution in [0.4, 0.5) is 5.82 Å². The molecule has 2 fully saturated rings. The molecule has 11 N–H and O–H groups in total. The molecule has 0 radical (unpaired) electrons. The molecule has 0 spiro atoms. The van der Waals surface area contributed by atoms with Crippen LogP contribution in [0, 0.1) is 0 Å². The number of phosphoric acid groups is 3. The number of nitrogens with zero attached hydrogens (tertiary/aromatic N) is 4. The van der Waals surface area contributed by atoms with Gasteiger partial charge < -0.3 is 64.6 Å². The number of nitrogen functional groups attached to an aromatic ring is 1. The number of hydrogen-bond acceptors (Lipinski definition) is 16. The first-order valence-electron chi connectivity index (χ1n) is 11.4. The SMILES string of the molecule is Nc1ncnc2c1ncn2[C@@H]1O[C@H](CO)[C@@H](O[C@H]2O[C@@H](CO)[C@@H](OP(=O)(O)O)[C@H](OP(=O)(O)O)[C@@H]2O)[C@H]1OP(=O)(O)O. The number of aromatic nitrogens is 4. The molecule has 26 heteroatoms. The van der Waals surface area contributed by atoms with Crippen molar-refractivity contribution in [3.05, 3.63) is 12.7 Å². The van der Waals surface area contributed by atoms with Crippen molar-refractivity contribution >= 4 is 40.4 Å². The Morgan fingerprint density at radius 2 is 1.36 bits per heavy atom. The van der Waals surface area contributed by atoms with Gasteiger partial charge in [-0.25, -0.2) is 28.6 Å². The van der Waals surface area contributed by atoms with Crippen molar-refractivity contribution in [1.82, 2.24) is 19.5 Å². The summed E-state index contributed by atoms with van der Waals surface area (Å²) in [5.41, 5.74) is 5.84. The van der Waals surface area contributed by atoms with E-state index >= 15 is 0 Å². The summed E-state index contributed by atoms with van der Waals surface area (Å²) in [6.45, 7) is -2.03. The van der Waals surface area contributed by atoms with Crippen LogP contribution in [0.2, 0.25) is 0 Å². The first kappa shape index (κ1) is 33.3. The highest BCUT2D eigenvalue weighted by atomic mass is 31.2. The van der Waals surface area contributed by atoms with Crippen LogP contribution in [-0.4, -0.2) is 126 Å². The average molecular weight is 669 g/mol. The smallest absolute Gasteiger partial charge is 0.394 e. The highest BCUT2D eigenvalue weighted by molar-refractivity contribution is 7.46. The van der Waals surface area contributed by atoms with E-state index in [-0.39, 0.29) is 17.0 Å². The van der Waals surface area contributed by atoms with Gasteiger partial charge in [-0.15, -0.1) is 0 Å². The predicted molar refractivity (Wildman–Crippen MR) is 128 cm³/mol. The lowest BCUT2D eigenvalue weighted by atomic mass is 9.99. The molecule has 2 aromatic rings. The quantitative estimate of drug-likeness (QED) is 0.102. The average Bonchev–Trinajstić information content (AvgIpc) is 3.42. The summed E-state index contributed by atoms with van der Waals surface area (Å²) in [5, 5.41) is 30.6. The van der Waals surface area contributed by atoms with E-state index in [0.29, 0.717) is 0 Å². The Balaban J connectivity index is 1.71. The topological polar surface area (TPSA) is 358 Å². The molecule has 2 aliphatic rings. The van der Waals surface area contributed by atoms with Crippen molar-refractivity contribution in [2.24, 2.45) is 0 Å². The third-order valence-corrected chi connectivity index (χ3v) is 7.54. The lowest BCUT2D eigenvalue weighted by molar-refractivity contribution is -0.313. The molecule has 42 heavy (non-hydrogen) atoms. The second-order valence-electron chi connectivity index (χ2n) is 8.83. The molecule has 2 aromatic heterocycles. The highest BCUT2D eigenvalue weighted by Gasteiger charge is 2.56. The molecule has 0 aromatic carbocycles. The number of phosphoric ester groups is 3. The van der Waals surface area contributed by atoms with E-state index in [2.05, 4.69) is 24.0 Å². The summed E-state index contributed by atoms with van der Waals surface area (Å²) in [6.07, 6.45) is -15.4. The van der Waals surface area contributed by atoms with Crippen molar-refractivity contribution < 1.29 is 86.2 Å². The van der Waals surface area contributed by atoms with Crippen LogP contribution in [0.3, 0.4) is 0 Å². The summed E-state index contributed by atoms with van der Waals surface area (Å²) in [7, 11) is -16.3. The molecule has 0 bridgehead atoms. The van der Waals surface area contributed by atoms with E-state index in [1.54, 1.807) is 0 Å². The maximum absolute atomic E-state index is 11.9. The van der Waals surface area contributed by atoms with E-state index in [4.69, 9.17) is 24.5 Å². The van der Waals surface area contributed by atoms with Gasteiger partial charge in [0.1, 0.15) is 54.6 Å². The van der Waals surface area contributed by atoms with Crippen molar-refractivity contribution in [1.29, 1.82) is 0 Å². The Kier molecular flexibility index (Phi) is 9.88. The number of rotatable bonds is 11. The Labute approximate surface area is 233 Å². The van der Waals surface area contributed by atoms with Crippen LogP contribution in [-0.2, 0) is 41.5 Å². The minimum atomic E-state index is -5.51. The summed E-state index contributed by atoms with van der Waals surface area (Å²) in [5.74, 6) is -0.0624. The van der Waals surface area contributed by atoms with Gasteiger partial charge in [0, 0.05) is 0 Å². The summed E-state index contributed by atoms with van der Waals surface area (Å²) < 4.78 is 66.6. The second kappa shape index (κ2) is 12.4. The number of nitrogens with two attached hydrogens (primary N) is 1. The van der Waals surface area contributed by atoms with E-state index in [1.807, 2.05) is 0 Å². The minimum absolute atomic E-state index is 0.00554. The van der Waals surface area contributed by atoms with Crippen LogP contribution in [0.1, 0.15) is 6.23 Å². The molecule has 4 rings (SSSR count). The number of ether oxygens (including phenoxy) is 3. The standard InChI is InChI=1S/C16H26N5O18P3/c17-13-7-14(19-3-18-13)21(4-20-7)15-12(39-42(31,32)33)9(5(1-22)34-15)36-16-8(24)11(38-41(28,29)30)10(6(2-23)35-16)37-40(25,26)27/h3-6,8-12,15-16,22-24H,1-2H2,(H2,17,18,19)(H2,25,26,27)(H2,28,29,30)(H2,31,32,33)/t5-,6+,8+,9-,10-,11-,12-,15-,16-/m1/s1. The molecule has 238 valence electrons. The van der Waals surface area contributed by atoms with Crippen molar-refractivity contribution in [2.75, 3.05) is 18.9 Å². The molecule has 2 saturated heterocycles. The van der Waals surface area contributed by atoms with E-state index < -0.39 is 91.9 Å². The maximum Gasteiger partial charge on any atom is 0.470 e. The fourth-order valence-electron chi connectivity index (χ4n) is 4.44. The molecule has 23 nitrogen and oxygen atoms in total. The number of anilines is 1. The first-order valence-corrected chi connectivity index (χ1v) is 16.0. The summed E-state index contributed by atoms with van der Waals surface area (Å²) >= 11 is 0. The van der Waals surface area contributed by atoms with Gasteiger partial charge in [-0.3, -0.25) is 18.1 Å². The van der Waals surface area contributed by atoms with E-state index in [1.165, 1.54) is 0 Å². The molecule has 4 heterocycles. The van der Waals surface area contributed by atoms with Crippen molar-refractivity contribution in [2.45, 2.75) is 55.2 Å². The van der Waals surface area contributed by atoms with Crippen LogP contribution < -0.4 is 5.73 Å². The fraction of sp³-hybridized carbons (Fsp3) is 0.688. The molecule has 0 saturated carbocycles. The zero-order valence-electron chi connectivity index (χ0n) is 20.7. The Morgan fingerprint density at radius 1 is 0.810 bits per heavy atom. The number of fused-ring (bicyclic) bond motifs is 1. The predicted octanol–water partition coefficient (Wildman–Crippen LogP) is -3.80. The normalized spacial score (nSPS) is 32.9. The lowest BCUT2D eigenvalue weighted by Gasteiger charge is -2.44. The lowest BCUT2D eigenvalue weighted by Crippen LogP contribution is -2.61. The molecule has 0 unspecified atom stereocenters. The monoisotopic (exact) mass is 669 g/mol. The van der Waals surface area contributed by atoms with Gasteiger partial charge in [0.2, 0.25) is 0 Å². The summed E-state index contributed by atoms with van der Waals surface area (Å²) in [4.78, 5) is 68.1. The van der Waals surface area contributed by atoms with Gasteiger partial charge in [-0.05, 0) is 0 Å². The molecule has 0 aliphatic carbocycles. The number of hydrogen-bond donors (Lipinski definition) is 10. The van der Waals surface area contributed by atoms with Crippen LogP contribution in [0.5, 0.6) is 0 Å². The van der Waals surface area contributed by atoms with Gasteiger partial charge in [-0.2, -0.15) is 0 Å². The van der Waals surface area contributed by atoms with Crippen LogP contribution in [0.15, 0.2) is 12.7 Å². The Morgan fingerprint density at radius 3 is 1.93 bits per heavy atom. The molecule has 2 aliphatic heterocycles. The second-order valence-corrected chi connectivity index (χ2v) is 12.4.